The van der Waals surface area contributed by atoms with Gasteiger partial charge in [-0.25, -0.2) is 0 Å². The van der Waals surface area contributed by atoms with Crippen LogP contribution in [0, 0.1) is 11.3 Å². The summed E-state index contributed by atoms with van der Waals surface area (Å²) in [5.74, 6) is 0.964. The highest BCUT2D eigenvalue weighted by Crippen LogP contribution is 2.33. The molecule has 0 saturated carbocycles. The van der Waals surface area contributed by atoms with Crippen LogP contribution in [0.5, 0.6) is 5.75 Å². The molecular weight excluding hydrogens is 236 g/mol. The molecule has 0 aromatic heterocycles. The molecule has 0 amide bonds. The van der Waals surface area contributed by atoms with E-state index < -0.39 is 0 Å². The molecule has 0 unspecified atom stereocenters. The fraction of sp³-hybridized carbons (Fsp3) is 0.462. The molecule has 1 aromatic carbocycles. The van der Waals surface area contributed by atoms with Crippen LogP contribution in [0.2, 0.25) is 5.02 Å². The van der Waals surface area contributed by atoms with Gasteiger partial charge in [0.1, 0.15) is 5.75 Å². The van der Waals surface area contributed by atoms with Crippen molar-refractivity contribution in [3.8, 4) is 11.8 Å². The van der Waals surface area contributed by atoms with Crippen LogP contribution in [0.1, 0.15) is 18.1 Å². The van der Waals surface area contributed by atoms with E-state index in [0.717, 1.165) is 35.9 Å². The number of rotatable bonds is 4. The van der Waals surface area contributed by atoms with E-state index in [9.17, 15) is 0 Å². The van der Waals surface area contributed by atoms with Crippen molar-refractivity contribution in [3.05, 3.63) is 28.3 Å². The van der Waals surface area contributed by atoms with Crippen molar-refractivity contribution in [1.82, 2.24) is 4.90 Å². The maximum atomic E-state index is 8.74. The second-order valence-electron chi connectivity index (χ2n) is 4.11. The lowest BCUT2D eigenvalue weighted by molar-refractivity contribution is 0.301. The van der Waals surface area contributed by atoms with E-state index in [2.05, 4.69) is 11.0 Å². The van der Waals surface area contributed by atoms with Crippen molar-refractivity contribution in [3.63, 3.8) is 0 Å². The lowest BCUT2D eigenvalue weighted by Crippen LogP contribution is -2.23. The first-order valence-corrected chi connectivity index (χ1v) is 6.15. The van der Waals surface area contributed by atoms with E-state index in [1.807, 2.05) is 19.1 Å². The number of fused-ring (bicyclic) bond motifs is 1. The summed E-state index contributed by atoms with van der Waals surface area (Å²) < 4.78 is 5.64. The molecule has 0 radical (unpaired) electrons. The van der Waals surface area contributed by atoms with Gasteiger partial charge in [-0.15, -0.1) is 0 Å². The second kappa shape index (κ2) is 5.39. The number of ether oxygens (including phenoxy) is 1. The predicted molar refractivity (Wildman–Crippen MR) is 67.2 cm³/mol. The summed E-state index contributed by atoms with van der Waals surface area (Å²) in [6.45, 7) is 4.76. The minimum absolute atomic E-state index is 0.428. The van der Waals surface area contributed by atoms with Crippen LogP contribution in [-0.2, 0) is 13.0 Å². The lowest BCUT2D eigenvalue weighted by Gasteiger charge is -2.18. The van der Waals surface area contributed by atoms with Crippen molar-refractivity contribution in [2.24, 2.45) is 0 Å². The lowest BCUT2D eigenvalue weighted by atomic mass is 10.1. The van der Waals surface area contributed by atoms with Crippen LogP contribution < -0.4 is 4.74 Å². The van der Waals surface area contributed by atoms with Gasteiger partial charge in [0.2, 0.25) is 0 Å². The molecule has 17 heavy (non-hydrogen) atoms. The van der Waals surface area contributed by atoms with E-state index in [0.29, 0.717) is 13.1 Å². The summed E-state index contributed by atoms with van der Waals surface area (Å²) in [5, 5.41) is 9.49. The Kier molecular flexibility index (Phi) is 3.88. The molecule has 1 aliphatic rings. The minimum atomic E-state index is 0.428. The third kappa shape index (κ3) is 2.71. The Hall–Kier alpha value is -1.24. The van der Waals surface area contributed by atoms with E-state index in [4.69, 9.17) is 21.6 Å². The van der Waals surface area contributed by atoms with Crippen molar-refractivity contribution in [1.29, 1.82) is 5.26 Å². The van der Waals surface area contributed by atoms with Gasteiger partial charge in [0.05, 0.1) is 19.2 Å². The van der Waals surface area contributed by atoms with E-state index in [-0.39, 0.29) is 0 Å². The number of hydrogen-bond donors (Lipinski definition) is 0. The molecule has 1 aliphatic heterocycles. The maximum absolute atomic E-state index is 8.74. The van der Waals surface area contributed by atoms with Gasteiger partial charge < -0.3 is 4.74 Å². The predicted octanol–water partition coefficient (Wildman–Crippen LogP) is 2.62. The molecule has 1 aromatic rings. The van der Waals surface area contributed by atoms with Crippen LogP contribution in [0.15, 0.2) is 12.1 Å². The first-order chi connectivity index (χ1) is 8.24. The highest BCUT2D eigenvalue weighted by atomic mass is 35.5. The van der Waals surface area contributed by atoms with Crippen molar-refractivity contribution in [2.45, 2.75) is 19.9 Å². The Labute approximate surface area is 107 Å². The molecule has 0 bridgehead atoms. The zero-order valence-corrected chi connectivity index (χ0v) is 10.6. The highest BCUT2D eigenvalue weighted by Gasteiger charge is 2.18. The Balaban J connectivity index is 2.24. The topological polar surface area (TPSA) is 36.3 Å². The van der Waals surface area contributed by atoms with Crippen LogP contribution in [0.3, 0.4) is 0 Å². The molecule has 0 N–H and O–H groups in total. The van der Waals surface area contributed by atoms with Crippen LogP contribution in [0.4, 0.5) is 0 Å². The molecular formula is C13H15ClN2O. The molecule has 0 spiro atoms. The number of benzene rings is 1. The first-order valence-electron chi connectivity index (χ1n) is 5.78. The summed E-state index contributed by atoms with van der Waals surface area (Å²) in [4.78, 5) is 2.06. The molecule has 0 saturated heterocycles. The smallest absolute Gasteiger partial charge is 0.127 e. The SMILES string of the molecule is CCN(CC#N)Cc1cc(Cl)cc2c1OCC2. The maximum Gasteiger partial charge on any atom is 0.127 e. The first kappa shape index (κ1) is 12.2. The summed E-state index contributed by atoms with van der Waals surface area (Å²) in [6, 6.07) is 6.08. The van der Waals surface area contributed by atoms with E-state index >= 15 is 0 Å². The average molecular weight is 251 g/mol. The molecule has 1 heterocycles. The third-order valence-electron chi connectivity index (χ3n) is 2.96. The minimum Gasteiger partial charge on any atom is -0.493 e. The van der Waals surface area contributed by atoms with Crippen LogP contribution in [-0.4, -0.2) is 24.6 Å². The zero-order chi connectivity index (χ0) is 12.3. The second-order valence-corrected chi connectivity index (χ2v) is 4.55. The number of nitriles is 1. The quantitative estimate of drug-likeness (QED) is 0.771. The molecule has 0 fully saturated rings. The fourth-order valence-corrected chi connectivity index (χ4v) is 2.35. The molecule has 2 rings (SSSR count). The zero-order valence-electron chi connectivity index (χ0n) is 9.87. The fourth-order valence-electron chi connectivity index (χ4n) is 2.08. The molecule has 0 aliphatic carbocycles. The van der Waals surface area contributed by atoms with Gasteiger partial charge in [-0.2, -0.15) is 5.26 Å². The Morgan fingerprint density at radius 2 is 2.35 bits per heavy atom. The molecule has 4 heteroatoms. The Morgan fingerprint density at radius 1 is 1.53 bits per heavy atom. The summed E-state index contributed by atoms with van der Waals surface area (Å²) >= 11 is 6.09. The van der Waals surface area contributed by atoms with E-state index in [1.165, 1.54) is 5.56 Å². The standard InChI is InChI=1S/C13H15ClN2O/c1-2-16(5-4-15)9-11-8-12(14)7-10-3-6-17-13(10)11/h7-8H,2-3,5-6,9H2,1H3. The monoisotopic (exact) mass is 250 g/mol. The Morgan fingerprint density at radius 3 is 3.06 bits per heavy atom. The van der Waals surface area contributed by atoms with Gasteiger partial charge in [0.15, 0.2) is 0 Å². The highest BCUT2D eigenvalue weighted by molar-refractivity contribution is 6.30. The van der Waals surface area contributed by atoms with Gasteiger partial charge in [0.25, 0.3) is 0 Å². The van der Waals surface area contributed by atoms with Crippen molar-refractivity contribution < 1.29 is 4.74 Å². The average Bonchev–Trinajstić information content (AvgIpc) is 2.76. The van der Waals surface area contributed by atoms with Crippen molar-refractivity contribution in [2.75, 3.05) is 19.7 Å². The van der Waals surface area contributed by atoms with Gasteiger partial charge in [-0.1, -0.05) is 18.5 Å². The van der Waals surface area contributed by atoms with E-state index in [1.54, 1.807) is 0 Å². The van der Waals surface area contributed by atoms with Crippen LogP contribution >= 0.6 is 11.6 Å². The summed E-state index contributed by atoms with van der Waals surface area (Å²) in [6.07, 6.45) is 0.924. The van der Waals surface area contributed by atoms with Gasteiger partial charge in [-0.05, 0) is 24.2 Å². The van der Waals surface area contributed by atoms with Gasteiger partial charge in [-0.3, -0.25) is 4.90 Å². The van der Waals surface area contributed by atoms with Gasteiger partial charge in [0, 0.05) is 23.6 Å². The number of nitrogens with zero attached hydrogens (tertiary/aromatic N) is 2. The molecule has 90 valence electrons. The third-order valence-corrected chi connectivity index (χ3v) is 3.18. The number of halogens is 1. The van der Waals surface area contributed by atoms with Crippen LogP contribution in [0.25, 0.3) is 0 Å². The molecule has 0 atom stereocenters. The number of hydrogen-bond acceptors (Lipinski definition) is 3. The summed E-state index contributed by atoms with van der Waals surface area (Å²) in [7, 11) is 0. The summed E-state index contributed by atoms with van der Waals surface area (Å²) in [5.41, 5.74) is 2.27. The van der Waals surface area contributed by atoms with Gasteiger partial charge >= 0.3 is 0 Å². The Bertz CT molecular complexity index is 453. The largest absolute Gasteiger partial charge is 0.493 e. The van der Waals surface area contributed by atoms with Crippen molar-refractivity contribution >= 4 is 11.6 Å². The molecule has 3 nitrogen and oxygen atoms in total. The normalized spacial score (nSPS) is 13.3.